The molecule has 2 heterocycles. The van der Waals surface area contributed by atoms with Crippen LogP contribution in [0.5, 0.6) is 11.6 Å². The summed E-state index contributed by atoms with van der Waals surface area (Å²) in [5.41, 5.74) is 8.56. The molecule has 1 atom stereocenters. The topological polar surface area (TPSA) is 140 Å². The third kappa shape index (κ3) is 3.02. The van der Waals surface area contributed by atoms with E-state index >= 15 is 0 Å². The number of methoxy groups -OCH3 is 1. The summed E-state index contributed by atoms with van der Waals surface area (Å²) in [6.45, 7) is 0. The van der Waals surface area contributed by atoms with E-state index in [-0.39, 0.29) is 23.0 Å². The average molecular weight is 389 g/mol. The lowest BCUT2D eigenvalue weighted by Gasteiger charge is -2.24. The molecule has 3 aromatic rings. The van der Waals surface area contributed by atoms with Crippen molar-refractivity contribution in [2.24, 2.45) is 5.73 Å². The first kappa shape index (κ1) is 18.1. The summed E-state index contributed by atoms with van der Waals surface area (Å²) >= 11 is 0. The number of nitrogens with two attached hydrogens (primary N) is 1. The van der Waals surface area contributed by atoms with E-state index in [2.05, 4.69) is 16.3 Å². The van der Waals surface area contributed by atoms with Crippen LogP contribution in [0.1, 0.15) is 17.0 Å². The Bertz CT molecular complexity index is 1170. The van der Waals surface area contributed by atoms with Crippen molar-refractivity contribution in [3.8, 4) is 29.0 Å². The number of benzene rings is 2. The maximum absolute atomic E-state index is 11.2. The number of nitro groups is 1. The Morgan fingerprint density at radius 2 is 2.07 bits per heavy atom. The molecule has 9 nitrogen and oxygen atoms in total. The molecule has 0 saturated heterocycles. The molecule has 144 valence electrons. The van der Waals surface area contributed by atoms with Crippen molar-refractivity contribution in [3.05, 3.63) is 81.2 Å². The first-order chi connectivity index (χ1) is 14.0. The molecule has 0 fully saturated rings. The van der Waals surface area contributed by atoms with Crippen molar-refractivity contribution >= 4 is 5.69 Å². The largest absolute Gasteiger partial charge is 0.497 e. The fourth-order valence-electron chi connectivity index (χ4n) is 3.37. The fourth-order valence-corrected chi connectivity index (χ4v) is 3.37. The standard InChI is InChI=1S/C20H15N5O4/c1-28-14-7-5-11(6-8-14)18-17-16(12-3-2-4-13(9-12)25(26)27)15(10-21)19(22)29-20(17)24-23-18/h2-9,16H,22H2,1H3,(H,23,24). The van der Waals surface area contributed by atoms with Gasteiger partial charge in [-0.15, -0.1) is 5.10 Å². The molecule has 1 unspecified atom stereocenters. The highest BCUT2D eigenvalue weighted by Crippen LogP contribution is 2.46. The number of aromatic amines is 1. The molecule has 0 spiro atoms. The van der Waals surface area contributed by atoms with Crippen LogP contribution < -0.4 is 15.2 Å². The van der Waals surface area contributed by atoms with Crippen LogP contribution in [0.3, 0.4) is 0 Å². The highest BCUT2D eigenvalue weighted by molar-refractivity contribution is 5.71. The van der Waals surface area contributed by atoms with E-state index in [1.807, 2.05) is 12.1 Å². The summed E-state index contributed by atoms with van der Waals surface area (Å²) in [5, 5.41) is 28.1. The summed E-state index contributed by atoms with van der Waals surface area (Å²) in [7, 11) is 1.58. The highest BCUT2D eigenvalue weighted by Gasteiger charge is 2.36. The monoisotopic (exact) mass is 389 g/mol. The molecule has 29 heavy (non-hydrogen) atoms. The molecule has 3 N–H and O–H groups in total. The average Bonchev–Trinajstić information content (AvgIpc) is 3.16. The number of nitrogens with zero attached hydrogens (tertiary/aromatic N) is 3. The second-order valence-electron chi connectivity index (χ2n) is 6.32. The van der Waals surface area contributed by atoms with Gasteiger partial charge in [-0.25, -0.2) is 0 Å². The number of fused-ring (bicyclic) bond motifs is 1. The molecule has 9 heteroatoms. The number of nitriles is 1. The number of hydrogen-bond donors (Lipinski definition) is 2. The molecule has 1 aliphatic rings. The molecule has 1 aromatic heterocycles. The Balaban J connectivity index is 1.92. The summed E-state index contributed by atoms with van der Waals surface area (Å²) < 4.78 is 10.7. The van der Waals surface area contributed by atoms with Gasteiger partial charge in [-0.05, 0) is 29.8 Å². The van der Waals surface area contributed by atoms with Crippen molar-refractivity contribution in [2.45, 2.75) is 5.92 Å². The van der Waals surface area contributed by atoms with Crippen LogP contribution in [0.4, 0.5) is 5.69 Å². The van der Waals surface area contributed by atoms with Gasteiger partial charge in [0.15, 0.2) is 0 Å². The number of nitrogens with one attached hydrogen (secondary N) is 1. The normalized spacial score (nSPS) is 15.2. The molecular formula is C20H15N5O4. The number of ether oxygens (including phenoxy) is 2. The van der Waals surface area contributed by atoms with Gasteiger partial charge in [0.1, 0.15) is 17.4 Å². The summed E-state index contributed by atoms with van der Waals surface area (Å²) in [6.07, 6.45) is 0. The van der Waals surface area contributed by atoms with Gasteiger partial charge in [0, 0.05) is 17.7 Å². The van der Waals surface area contributed by atoms with Crippen LogP contribution in [0.25, 0.3) is 11.3 Å². The Labute approximate surface area is 165 Å². The number of allylic oxidation sites excluding steroid dienone is 1. The lowest BCUT2D eigenvalue weighted by Crippen LogP contribution is -2.21. The first-order valence-corrected chi connectivity index (χ1v) is 8.58. The Hall–Kier alpha value is -4.32. The van der Waals surface area contributed by atoms with E-state index in [1.165, 1.54) is 12.1 Å². The lowest BCUT2D eigenvalue weighted by atomic mass is 9.83. The van der Waals surface area contributed by atoms with E-state index in [4.69, 9.17) is 15.2 Å². The molecule has 0 bridgehead atoms. The highest BCUT2D eigenvalue weighted by atomic mass is 16.6. The number of H-pyrrole nitrogens is 1. The van der Waals surface area contributed by atoms with Crippen LogP contribution in [0, 0.1) is 21.4 Å². The van der Waals surface area contributed by atoms with E-state index < -0.39 is 10.8 Å². The second-order valence-corrected chi connectivity index (χ2v) is 6.32. The molecule has 0 amide bonds. The van der Waals surface area contributed by atoms with Crippen molar-refractivity contribution in [3.63, 3.8) is 0 Å². The van der Waals surface area contributed by atoms with Crippen LogP contribution in [-0.2, 0) is 0 Å². The minimum Gasteiger partial charge on any atom is -0.497 e. The van der Waals surface area contributed by atoms with Crippen LogP contribution in [-0.4, -0.2) is 22.2 Å². The molecule has 4 rings (SSSR count). The fraction of sp³-hybridized carbons (Fsp3) is 0.100. The number of aromatic nitrogens is 2. The van der Waals surface area contributed by atoms with E-state index in [0.717, 1.165) is 5.56 Å². The number of nitro benzene ring substituents is 1. The predicted octanol–water partition coefficient (Wildman–Crippen LogP) is 3.21. The van der Waals surface area contributed by atoms with Gasteiger partial charge in [-0.2, -0.15) is 5.26 Å². The Morgan fingerprint density at radius 3 is 2.72 bits per heavy atom. The SMILES string of the molecule is COc1ccc(-c2[nH]nc3c2C(c2cccc([N+](=O)[O-])c2)C(C#N)=C(N)O3)cc1. The van der Waals surface area contributed by atoms with E-state index in [0.29, 0.717) is 22.6 Å². The maximum Gasteiger partial charge on any atom is 0.269 e. The van der Waals surface area contributed by atoms with E-state index in [9.17, 15) is 15.4 Å². The number of hydrogen-bond acceptors (Lipinski definition) is 7. The van der Waals surface area contributed by atoms with Gasteiger partial charge in [0.25, 0.3) is 5.69 Å². The van der Waals surface area contributed by atoms with Crippen LogP contribution in [0.2, 0.25) is 0 Å². The van der Waals surface area contributed by atoms with Gasteiger partial charge >= 0.3 is 0 Å². The van der Waals surface area contributed by atoms with Crippen molar-refractivity contribution in [1.82, 2.24) is 10.2 Å². The zero-order chi connectivity index (χ0) is 20.5. The molecule has 0 saturated carbocycles. The van der Waals surface area contributed by atoms with Crippen molar-refractivity contribution < 1.29 is 14.4 Å². The molecule has 2 aromatic carbocycles. The van der Waals surface area contributed by atoms with Crippen LogP contribution >= 0.6 is 0 Å². The number of rotatable bonds is 4. The molecule has 0 radical (unpaired) electrons. The van der Waals surface area contributed by atoms with Crippen molar-refractivity contribution in [1.29, 1.82) is 5.26 Å². The van der Waals surface area contributed by atoms with Gasteiger partial charge in [0.05, 0.1) is 29.2 Å². The van der Waals surface area contributed by atoms with Crippen molar-refractivity contribution in [2.75, 3.05) is 7.11 Å². The molecule has 1 aliphatic heterocycles. The third-order valence-electron chi connectivity index (χ3n) is 4.73. The Morgan fingerprint density at radius 1 is 1.31 bits per heavy atom. The summed E-state index contributed by atoms with van der Waals surface area (Å²) in [6, 6.07) is 15.4. The van der Waals surface area contributed by atoms with Gasteiger partial charge in [0.2, 0.25) is 11.8 Å². The quantitative estimate of drug-likeness (QED) is 0.515. The zero-order valence-electron chi connectivity index (χ0n) is 15.2. The summed E-state index contributed by atoms with van der Waals surface area (Å²) in [4.78, 5) is 10.8. The van der Waals surface area contributed by atoms with Gasteiger partial charge in [-0.1, -0.05) is 12.1 Å². The lowest BCUT2D eigenvalue weighted by molar-refractivity contribution is -0.384. The van der Waals surface area contributed by atoms with Gasteiger partial charge in [-0.3, -0.25) is 15.2 Å². The maximum atomic E-state index is 11.2. The minimum atomic E-state index is -0.667. The summed E-state index contributed by atoms with van der Waals surface area (Å²) in [5.74, 6) is 0.170. The second kappa shape index (κ2) is 7.01. The zero-order valence-corrected chi connectivity index (χ0v) is 15.2. The number of non-ortho nitro benzene ring substituents is 1. The smallest absolute Gasteiger partial charge is 0.269 e. The van der Waals surface area contributed by atoms with E-state index in [1.54, 1.807) is 31.4 Å². The van der Waals surface area contributed by atoms with Crippen LogP contribution in [0.15, 0.2) is 60.0 Å². The molecular weight excluding hydrogens is 374 g/mol. The Kier molecular flexibility index (Phi) is 4.37. The predicted molar refractivity (Wildman–Crippen MR) is 103 cm³/mol. The third-order valence-corrected chi connectivity index (χ3v) is 4.73. The van der Waals surface area contributed by atoms with Gasteiger partial charge < -0.3 is 15.2 Å². The minimum absolute atomic E-state index is 0.0794. The molecule has 0 aliphatic carbocycles. The first-order valence-electron chi connectivity index (χ1n) is 8.58.